The molecule has 1 N–H and O–H groups in total. The summed E-state index contributed by atoms with van der Waals surface area (Å²) in [6, 6.07) is 1.76. The molecule has 0 bridgehead atoms. The number of ketones is 1. The fraction of sp³-hybridized carbons (Fsp3) is 0.167. The van der Waals surface area contributed by atoms with Crippen molar-refractivity contribution in [2.45, 2.75) is 6.42 Å². The standard InChI is InChI=1S/C6H5N3O/c7-2-1-6(10)5-3-8-4-9-5/h3-4H,1H2,(H,8,9). The Morgan fingerprint density at radius 2 is 2.70 bits per heavy atom. The molecule has 0 aromatic carbocycles. The molecule has 4 nitrogen and oxygen atoms in total. The Morgan fingerprint density at radius 1 is 1.90 bits per heavy atom. The predicted molar refractivity (Wildman–Crippen MR) is 33.1 cm³/mol. The van der Waals surface area contributed by atoms with Crippen molar-refractivity contribution in [3.05, 3.63) is 18.2 Å². The maximum Gasteiger partial charge on any atom is 0.194 e. The van der Waals surface area contributed by atoms with Crippen LogP contribution in [0.25, 0.3) is 0 Å². The summed E-state index contributed by atoms with van der Waals surface area (Å²) in [5.74, 6) is -0.222. The summed E-state index contributed by atoms with van der Waals surface area (Å²) in [4.78, 5) is 17.1. The monoisotopic (exact) mass is 135 g/mol. The summed E-state index contributed by atoms with van der Waals surface area (Å²) in [6.07, 6.45) is 2.71. The van der Waals surface area contributed by atoms with Gasteiger partial charge in [-0.1, -0.05) is 0 Å². The summed E-state index contributed by atoms with van der Waals surface area (Å²) < 4.78 is 0. The number of nitrogens with zero attached hydrogens (tertiary/aromatic N) is 2. The number of hydrogen-bond donors (Lipinski definition) is 1. The highest BCUT2D eigenvalue weighted by atomic mass is 16.1. The lowest BCUT2D eigenvalue weighted by atomic mass is 10.2. The zero-order chi connectivity index (χ0) is 7.40. The van der Waals surface area contributed by atoms with Crippen molar-refractivity contribution >= 4 is 5.78 Å². The van der Waals surface area contributed by atoms with Crippen LogP contribution in [0.5, 0.6) is 0 Å². The number of imidazole rings is 1. The molecule has 0 unspecified atom stereocenters. The van der Waals surface area contributed by atoms with E-state index in [-0.39, 0.29) is 12.2 Å². The van der Waals surface area contributed by atoms with Crippen LogP contribution in [-0.4, -0.2) is 15.8 Å². The second-order valence-electron chi connectivity index (χ2n) is 1.72. The quantitative estimate of drug-likeness (QED) is 0.600. The van der Waals surface area contributed by atoms with E-state index in [1.54, 1.807) is 6.07 Å². The van der Waals surface area contributed by atoms with Gasteiger partial charge in [0.15, 0.2) is 5.78 Å². The van der Waals surface area contributed by atoms with Crippen LogP contribution in [0, 0.1) is 11.3 Å². The zero-order valence-electron chi connectivity index (χ0n) is 5.16. The molecule has 1 rings (SSSR count). The van der Waals surface area contributed by atoms with Crippen molar-refractivity contribution in [3.63, 3.8) is 0 Å². The number of nitrogens with one attached hydrogen (secondary N) is 1. The number of carbonyl (C=O) groups excluding carboxylic acids is 1. The van der Waals surface area contributed by atoms with E-state index in [9.17, 15) is 4.79 Å². The molecule has 0 saturated heterocycles. The Labute approximate surface area is 57.5 Å². The molecule has 0 aliphatic carbocycles. The van der Waals surface area contributed by atoms with Crippen molar-refractivity contribution in [1.29, 1.82) is 5.26 Å². The van der Waals surface area contributed by atoms with E-state index in [0.29, 0.717) is 5.69 Å². The van der Waals surface area contributed by atoms with Gasteiger partial charge in [-0.25, -0.2) is 4.98 Å². The maximum absolute atomic E-state index is 10.8. The summed E-state index contributed by atoms with van der Waals surface area (Å²) in [7, 11) is 0. The summed E-state index contributed by atoms with van der Waals surface area (Å²) in [6.45, 7) is 0. The third-order valence-electron chi connectivity index (χ3n) is 1.04. The molecule has 0 aliphatic rings. The van der Waals surface area contributed by atoms with E-state index in [1.165, 1.54) is 12.5 Å². The van der Waals surface area contributed by atoms with E-state index in [4.69, 9.17) is 5.26 Å². The first-order chi connectivity index (χ1) is 4.84. The van der Waals surface area contributed by atoms with E-state index in [0.717, 1.165) is 0 Å². The van der Waals surface area contributed by atoms with E-state index < -0.39 is 0 Å². The molecule has 0 radical (unpaired) electrons. The molecule has 10 heavy (non-hydrogen) atoms. The minimum atomic E-state index is -0.222. The number of rotatable bonds is 2. The van der Waals surface area contributed by atoms with E-state index >= 15 is 0 Å². The van der Waals surface area contributed by atoms with Gasteiger partial charge in [-0.15, -0.1) is 0 Å². The van der Waals surface area contributed by atoms with Gasteiger partial charge >= 0.3 is 0 Å². The molecule has 0 saturated carbocycles. The van der Waals surface area contributed by atoms with Gasteiger partial charge in [-0.2, -0.15) is 5.26 Å². The van der Waals surface area contributed by atoms with Crippen molar-refractivity contribution in [2.24, 2.45) is 0 Å². The van der Waals surface area contributed by atoms with E-state index in [2.05, 4.69) is 9.97 Å². The van der Waals surface area contributed by atoms with Crippen LogP contribution in [0.15, 0.2) is 12.5 Å². The summed E-state index contributed by atoms with van der Waals surface area (Å²) in [5, 5.41) is 8.13. The number of Topliss-reactive ketones (excluding diaryl/α,β-unsaturated/α-hetero) is 1. The van der Waals surface area contributed by atoms with Crippen LogP contribution in [0.2, 0.25) is 0 Å². The number of aromatic nitrogens is 2. The molecule has 0 spiro atoms. The summed E-state index contributed by atoms with van der Waals surface area (Å²) >= 11 is 0. The number of carbonyl (C=O) groups is 1. The van der Waals surface area contributed by atoms with Crippen LogP contribution in [-0.2, 0) is 0 Å². The third-order valence-corrected chi connectivity index (χ3v) is 1.04. The Bertz CT molecular complexity index is 257. The average Bonchev–Trinajstić information content (AvgIpc) is 2.38. The SMILES string of the molecule is N#CCC(=O)c1cnc[nH]1. The maximum atomic E-state index is 10.8. The Balaban J connectivity index is 2.71. The van der Waals surface area contributed by atoms with Gasteiger partial charge in [-0.05, 0) is 0 Å². The highest BCUT2D eigenvalue weighted by molar-refractivity contribution is 5.95. The molecule has 1 aromatic rings. The van der Waals surface area contributed by atoms with Crippen molar-refractivity contribution in [2.75, 3.05) is 0 Å². The average molecular weight is 135 g/mol. The van der Waals surface area contributed by atoms with Gasteiger partial charge < -0.3 is 4.98 Å². The number of H-pyrrole nitrogens is 1. The van der Waals surface area contributed by atoms with E-state index in [1.807, 2.05) is 0 Å². The minimum Gasteiger partial charge on any atom is -0.342 e. The normalized spacial score (nSPS) is 8.70. The fourth-order valence-corrected chi connectivity index (χ4v) is 0.575. The summed E-state index contributed by atoms with van der Waals surface area (Å²) in [5.41, 5.74) is 0.390. The lowest BCUT2D eigenvalue weighted by Crippen LogP contribution is -1.96. The molecule has 50 valence electrons. The molecular weight excluding hydrogens is 130 g/mol. The molecule has 0 fully saturated rings. The number of aromatic amines is 1. The zero-order valence-corrected chi connectivity index (χ0v) is 5.16. The lowest BCUT2D eigenvalue weighted by molar-refractivity contribution is 0.0993. The molecule has 0 amide bonds. The highest BCUT2D eigenvalue weighted by Gasteiger charge is 2.04. The fourth-order valence-electron chi connectivity index (χ4n) is 0.575. The topological polar surface area (TPSA) is 69.5 Å². The lowest BCUT2D eigenvalue weighted by Gasteiger charge is -1.85. The first kappa shape index (κ1) is 6.49. The predicted octanol–water partition coefficient (Wildman–Crippen LogP) is 0.506. The van der Waals surface area contributed by atoms with Gasteiger partial charge in [0.05, 0.1) is 18.6 Å². The Kier molecular flexibility index (Phi) is 1.80. The second kappa shape index (κ2) is 2.78. The van der Waals surface area contributed by atoms with Gasteiger partial charge in [0.1, 0.15) is 12.1 Å². The van der Waals surface area contributed by atoms with Gasteiger partial charge in [-0.3, -0.25) is 4.79 Å². The van der Waals surface area contributed by atoms with Crippen LogP contribution in [0.4, 0.5) is 0 Å². The van der Waals surface area contributed by atoms with Crippen LogP contribution in [0.1, 0.15) is 16.9 Å². The minimum absolute atomic E-state index is 0.0950. The van der Waals surface area contributed by atoms with Crippen molar-refractivity contribution in [1.82, 2.24) is 9.97 Å². The molecule has 4 heteroatoms. The van der Waals surface area contributed by atoms with Crippen LogP contribution in [0.3, 0.4) is 0 Å². The Hall–Kier alpha value is -1.63. The molecule has 1 aromatic heterocycles. The van der Waals surface area contributed by atoms with Crippen LogP contribution < -0.4 is 0 Å². The third kappa shape index (κ3) is 1.20. The largest absolute Gasteiger partial charge is 0.342 e. The second-order valence-corrected chi connectivity index (χ2v) is 1.72. The molecule has 0 aliphatic heterocycles. The van der Waals surface area contributed by atoms with Crippen molar-refractivity contribution < 1.29 is 4.79 Å². The van der Waals surface area contributed by atoms with Crippen LogP contribution >= 0.6 is 0 Å². The first-order valence-electron chi connectivity index (χ1n) is 2.73. The number of nitriles is 1. The van der Waals surface area contributed by atoms with Gasteiger partial charge in [0, 0.05) is 0 Å². The first-order valence-corrected chi connectivity index (χ1v) is 2.73. The smallest absolute Gasteiger partial charge is 0.194 e. The highest BCUT2D eigenvalue weighted by Crippen LogP contribution is 1.95. The Morgan fingerprint density at radius 3 is 3.20 bits per heavy atom. The van der Waals surface area contributed by atoms with Crippen molar-refractivity contribution in [3.8, 4) is 6.07 Å². The molecule has 1 heterocycles. The number of hydrogen-bond acceptors (Lipinski definition) is 3. The molecule has 0 atom stereocenters. The van der Waals surface area contributed by atoms with Gasteiger partial charge in [0.25, 0.3) is 0 Å². The van der Waals surface area contributed by atoms with Gasteiger partial charge in [0.2, 0.25) is 0 Å². The molecular formula is C6H5N3O.